The Morgan fingerprint density at radius 1 is 1.11 bits per heavy atom. The highest BCUT2D eigenvalue weighted by atomic mass is 16.2. The molecule has 0 unspecified atom stereocenters. The van der Waals surface area contributed by atoms with Crippen molar-refractivity contribution in [3.8, 4) is 0 Å². The van der Waals surface area contributed by atoms with Crippen LogP contribution in [0.1, 0.15) is 26.7 Å². The zero-order valence-corrected chi connectivity index (χ0v) is 16.8. The van der Waals surface area contributed by atoms with Crippen molar-refractivity contribution in [3.63, 3.8) is 0 Å². The molecule has 7 heteroatoms. The van der Waals surface area contributed by atoms with E-state index in [1.54, 1.807) is 4.90 Å². The van der Waals surface area contributed by atoms with Gasteiger partial charge in [-0.3, -0.25) is 14.4 Å². The van der Waals surface area contributed by atoms with Crippen LogP contribution in [0.2, 0.25) is 0 Å². The van der Waals surface area contributed by atoms with Crippen molar-refractivity contribution in [1.29, 1.82) is 0 Å². The fraction of sp³-hybridized carbons (Fsp3) is 0.571. The lowest BCUT2D eigenvalue weighted by atomic mass is 10.0. The zero-order chi connectivity index (χ0) is 20.1. The molecule has 2 heterocycles. The van der Waals surface area contributed by atoms with Crippen LogP contribution < -0.4 is 10.2 Å². The topological polar surface area (TPSA) is 73.0 Å². The van der Waals surface area contributed by atoms with Crippen LogP contribution >= 0.6 is 0 Å². The standard InChI is InChI=1S/C21H30N4O3/c1-3-16(2)21(28)25-10-9-22-20(27)18(25)15-19(26)24-13-11-23(12-14-24)17-7-5-4-6-8-17/h4-8,16,18H,3,9-15H2,1-2H3,(H,22,27)/t16-,18-/m0/s1. The predicted molar refractivity (Wildman–Crippen MR) is 108 cm³/mol. The molecule has 0 aromatic heterocycles. The molecule has 0 bridgehead atoms. The molecule has 3 amide bonds. The maximum atomic E-state index is 12.9. The van der Waals surface area contributed by atoms with E-state index in [1.165, 1.54) is 0 Å². The fourth-order valence-electron chi connectivity index (χ4n) is 3.79. The van der Waals surface area contributed by atoms with E-state index in [0.717, 1.165) is 25.2 Å². The number of anilines is 1. The van der Waals surface area contributed by atoms with Crippen molar-refractivity contribution >= 4 is 23.4 Å². The monoisotopic (exact) mass is 386 g/mol. The van der Waals surface area contributed by atoms with Crippen LogP contribution in [-0.2, 0) is 14.4 Å². The minimum absolute atomic E-state index is 0.0379. The summed E-state index contributed by atoms with van der Waals surface area (Å²) in [5, 5.41) is 2.80. The highest BCUT2D eigenvalue weighted by Crippen LogP contribution is 2.19. The maximum absolute atomic E-state index is 12.9. The molecule has 152 valence electrons. The summed E-state index contributed by atoms with van der Waals surface area (Å²) in [6.07, 6.45) is 0.776. The molecule has 1 aromatic rings. The van der Waals surface area contributed by atoms with Gasteiger partial charge in [-0.05, 0) is 18.6 Å². The van der Waals surface area contributed by atoms with Crippen LogP contribution in [0.3, 0.4) is 0 Å². The smallest absolute Gasteiger partial charge is 0.243 e. The summed E-state index contributed by atoms with van der Waals surface area (Å²) in [5.74, 6) is -0.460. The first-order valence-electron chi connectivity index (χ1n) is 10.2. The first kappa shape index (κ1) is 20.2. The van der Waals surface area contributed by atoms with E-state index in [9.17, 15) is 14.4 Å². The third kappa shape index (κ3) is 4.46. The Hall–Kier alpha value is -2.57. The first-order chi connectivity index (χ1) is 13.5. The summed E-state index contributed by atoms with van der Waals surface area (Å²) in [6.45, 7) is 7.53. The van der Waals surface area contributed by atoms with Gasteiger partial charge in [-0.2, -0.15) is 0 Å². The number of nitrogens with zero attached hydrogens (tertiary/aromatic N) is 3. The Morgan fingerprint density at radius 2 is 1.79 bits per heavy atom. The van der Waals surface area contributed by atoms with E-state index in [2.05, 4.69) is 22.3 Å². The number of nitrogens with one attached hydrogen (secondary N) is 1. The summed E-state index contributed by atoms with van der Waals surface area (Å²) >= 11 is 0. The number of para-hydroxylation sites is 1. The van der Waals surface area contributed by atoms with Crippen molar-refractivity contribution < 1.29 is 14.4 Å². The first-order valence-corrected chi connectivity index (χ1v) is 10.2. The van der Waals surface area contributed by atoms with Crippen LogP contribution in [0.5, 0.6) is 0 Å². The van der Waals surface area contributed by atoms with Crippen molar-refractivity contribution in [3.05, 3.63) is 30.3 Å². The molecule has 0 radical (unpaired) electrons. The average molecular weight is 386 g/mol. The molecule has 2 aliphatic heterocycles. The van der Waals surface area contributed by atoms with Crippen LogP contribution in [-0.4, -0.2) is 72.8 Å². The SMILES string of the molecule is CC[C@H](C)C(=O)N1CCNC(=O)[C@@H]1CC(=O)N1CCN(c2ccccc2)CC1. The molecule has 2 atom stereocenters. The molecular formula is C21H30N4O3. The molecule has 3 rings (SSSR count). The number of amides is 3. The van der Waals surface area contributed by atoms with Crippen LogP contribution in [0.4, 0.5) is 5.69 Å². The molecule has 1 N–H and O–H groups in total. The number of carbonyl (C=O) groups is 3. The molecule has 2 aliphatic rings. The molecule has 0 saturated carbocycles. The van der Waals surface area contributed by atoms with Crippen LogP contribution in [0.15, 0.2) is 30.3 Å². The number of piperazine rings is 2. The Balaban J connectivity index is 1.59. The minimum Gasteiger partial charge on any atom is -0.368 e. The van der Waals surface area contributed by atoms with Gasteiger partial charge in [-0.1, -0.05) is 32.0 Å². The van der Waals surface area contributed by atoms with E-state index in [1.807, 2.05) is 36.9 Å². The number of benzene rings is 1. The second kappa shape index (κ2) is 9.08. The highest BCUT2D eigenvalue weighted by Gasteiger charge is 2.37. The van der Waals surface area contributed by atoms with Gasteiger partial charge in [0.2, 0.25) is 17.7 Å². The summed E-state index contributed by atoms with van der Waals surface area (Å²) in [6, 6.07) is 9.46. The lowest BCUT2D eigenvalue weighted by Crippen LogP contribution is -2.60. The average Bonchev–Trinajstić information content (AvgIpc) is 2.74. The van der Waals surface area contributed by atoms with Gasteiger partial charge in [-0.25, -0.2) is 0 Å². The van der Waals surface area contributed by atoms with E-state index in [-0.39, 0.29) is 30.1 Å². The molecule has 0 aliphatic carbocycles. The van der Waals surface area contributed by atoms with E-state index < -0.39 is 6.04 Å². The van der Waals surface area contributed by atoms with Gasteiger partial charge in [0.05, 0.1) is 6.42 Å². The van der Waals surface area contributed by atoms with Gasteiger partial charge < -0.3 is 20.0 Å². The molecule has 2 saturated heterocycles. The quantitative estimate of drug-likeness (QED) is 0.823. The van der Waals surface area contributed by atoms with E-state index >= 15 is 0 Å². The van der Waals surface area contributed by atoms with Crippen LogP contribution in [0.25, 0.3) is 0 Å². The Morgan fingerprint density at radius 3 is 2.43 bits per heavy atom. The Labute approximate surface area is 166 Å². The number of rotatable bonds is 5. The van der Waals surface area contributed by atoms with Crippen molar-refractivity contribution in [2.45, 2.75) is 32.7 Å². The number of carbonyl (C=O) groups excluding carboxylic acids is 3. The highest BCUT2D eigenvalue weighted by molar-refractivity contribution is 5.93. The lowest BCUT2D eigenvalue weighted by Gasteiger charge is -2.39. The second-order valence-electron chi connectivity index (χ2n) is 7.56. The molecule has 2 fully saturated rings. The third-order valence-electron chi connectivity index (χ3n) is 5.77. The van der Waals surface area contributed by atoms with Gasteiger partial charge in [-0.15, -0.1) is 0 Å². The fourth-order valence-corrected chi connectivity index (χ4v) is 3.79. The molecule has 28 heavy (non-hydrogen) atoms. The second-order valence-corrected chi connectivity index (χ2v) is 7.56. The normalized spacial score (nSPS) is 21.3. The maximum Gasteiger partial charge on any atom is 0.243 e. The third-order valence-corrected chi connectivity index (χ3v) is 5.77. The zero-order valence-electron chi connectivity index (χ0n) is 16.8. The van der Waals surface area contributed by atoms with Gasteiger partial charge >= 0.3 is 0 Å². The summed E-state index contributed by atoms with van der Waals surface area (Å²) in [4.78, 5) is 43.6. The van der Waals surface area contributed by atoms with E-state index in [0.29, 0.717) is 26.2 Å². The van der Waals surface area contributed by atoms with Crippen molar-refractivity contribution in [2.24, 2.45) is 5.92 Å². The summed E-state index contributed by atoms with van der Waals surface area (Å²) in [5.41, 5.74) is 1.16. The van der Waals surface area contributed by atoms with Crippen molar-refractivity contribution in [1.82, 2.24) is 15.1 Å². The van der Waals surface area contributed by atoms with Gasteiger partial charge in [0, 0.05) is 50.9 Å². The molecule has 7 nitrogen and oxygen atoms in total. The summed E-state index contributed by atoms with van der Waals surface area (Å²) < 4.78 is 0. The predicted octanol–water partition coefficient (Wildman–Crippen LogP) is 1.10. The molecule has 0 spiro atoms. The van der Waals surface area contributed by atoms with Gasteiger partial charge in [0.1, 0.15) is 6.04 Å². The Kier molecular flexibility index (Phi) is 6.54. The molecule has 1 aromatic carbocycles. The number of hydrogen-bond donors (Lipinski definition) is 1. The van der Waals surface area contributed by atoms with E-state index in [4.69, 9.17) is 0 Å². The summed E-state index contributed by atoms with van der Waals surface area (Å²) in [7, 11) is 0. The van der Waals surface area contributed by atoms with Crippen LogP contribution in [0, 0.1) is 5.92 Å². The van der Waals surface area contributed by atoms with Gasteiger partial charge in [0.25, 0.3) is 0 Å². The van der Waals surface area contributed by atoms with Crippen molar-refractivity contribution in [2.75, 3.05) is 44.2 Å². The largest absolute Gasteiger partial charge is 0.368 e. The number of hydrogen-bond acceptors (Lipinski definition) is 4. The minimum atomic E-state index is -0.699. The van der Waals surface area contributed by atoms with Gasteiger partial charge in [0.15, 0.2) is 0 Å². The molecular weight excluding hydrogens is 356 g/mol. The Bertz CT molecular complexity index is 701. The lowest BCUT2D eigenvalue weighted by molar-refractivity contribution is -0.149.